The zero-order valence-corrected chi connectivity index (χ0v) is 9.72. The molecule has 0 amide bonds. The molecule has 1 aromatic rings. The van der Waals surface area contributed by atoms with Crippen LogP contribution < -0.4 is 0 Å². The molecule has 1 heterocycles. The number of carbonyl (C=O) groups is 1. The number of carbonyl (C=O) groups excluding carboxylic acids is 1. The van der Waals surface area contributed by atoms with Crippen LogP contribution in [0.15, 0.2) is 22.7 Å². The largest absolute Gasteiger partial charge is 0.363 e. The van der Waals surface area contributed by atoms with E-state index in [-0.39, 0.29) is 5.78 Å². The molecule has 3 heteroatoms. The number of fused-ring (bicyclic) bond motifs is 1. The van der Waals surface area contributed by atoms with Crippen molar-refractivity contribution in [2.75, 3.05) is 0 Å². The normalized spacial score (nSPS) is 19.2. The maximum absolute atomic E-state index is 11.9. The molecule has 0 aliphatic carbocycles. The molecular weight excluding hydrogens is 244 g/mol. The van der Waals surface area contributed by atoms with Crippen molar-refractivity contribution >= 4 is 21.7 Å². The molecule has 0 unspecified atom stereocenters. The predicted octanol–water partition coefficient (Wildman–Crippen LogP) is 2.94. The molecule has 2 rings (SSSR count). The lowest BCUT2D eigenvalue weighted by Gasteiger charge is -2.30. The Bertz CT molecular complexity index is 396. The maximum Gasteiger partial charge on any atom is 0.194 e. The van der Waals surface area contributed by atoms with E-state index < -0.39 is 5.60 Å². The molecule has 0 saturated carbocycles. The molecule has 0 bridgehead atoms. The molecule has 0 N–H and O–H groups in total. The first-order valence-electron chi connectivity index (χ1n) is 4.48. The third-order valence-corrected chi connectivity index (χ3v) is 2.95. The average molecular weight is 255 g/mol. The van der Waals surface area contributed by atoms with Gasteiger partial charge in [-0.1, -0.05) is 22.0 Å². The van der Waals surface area contributed by atoms with Crippen LogP contribution in [-0.4, -0.2) is 11.4 Å². The van der Waals surface area contributed by atoms with Gasteiger partial charge in [0.2, 0.25) is 0 Å². The van der Waals surface area contributed by atoms with E-state index in [9.17, 15) is 4.79 Å². The van der Waals surface area contributed by atoms with E-state index in [0.29, 0.717) is 6.61 Å². The van der Waals surface area contributed by atoms with Crippen LogP contribution in [0.25, 0.3) is 0 Å². The van der Waals surface area contributed by atoms with Crippen LogP contribution >= 0.6 is 15.9 Å². The Morgan fingerprint density at radius 3 is 2.86 bits per heavy atom. The minimum absolute atomic E-state index is 0.0556. The second-order valence-corrected chi connectivity index (χ2v) is 4.85. The predicted molar refractivity (Wildman–Crippen MR) is 57.3 cm³/mol. The molecule has 0 fully saturated rings. The zero-order chi connectivity index (χ0) is 10.3. The van der Waals surface area contributed by atoms with E-state index in [4.69, 9.17) is 4.74 Å². The van der Waals surface area contributed by atoms with Crippen molar-refractivity contribution in [2.24, 2.45) is 0 Å². The fraction of sp³-hybridized carbons (Fsp3) is 0.364. The first-order chi connectivity index (χ1) is 6.50. The van der Waals surface area contributed by atoms with Gasteiger partial charge in [-0.2, -0.15) is 0 Å². The van der Waals surface area contributed by atoms with Gasteiger partial charge in [-0.3, -0.25) is 4.79 Å². The van der Waals surface area contributed by atoms with Gasteiger partial charge in [0, 0.05) is 10.0 Å². The highest BCUT2D eigenvalue weighted by atomic mass is 79.9. The van der Waals surface area contributed by atoms with Crippen LogP contribution in [0.1, 0.15) is 29.8 Å². The van der Waals surface area contributed by atoms with Gasteiger partial charge in [0.15, 0.2) is 5.78 Å². The van der Waals surface area contributed by atoms with Crippen LogP contribution in [0, 0.1) is 0 Å². The van der Waals surface area contributed by atoms with Crippen molar-refractivity contribution in [1.29, 1.82) is 0 Å². The topological polar surface area (TPSA) is 26.3 Å². The van der Waals surface area contributed by atoms with Crippen LogP contribution in [0.5, 0.6) is 0 Å². The molecule has 0 saturated heterocycles. The van der Waals surface area contributed by atoms with Gasteiger partial charge in [0.25, 0.3) is 0 Å². The number of benzene rings is 1. The van der Waals surface area contributed by atoms with Crippen LogP contribution in [0.4, 0.5) is 0 Å². The van der Waals surface area contributed by atoms with Gasteiger partial charge in [0.05, 0.1) is 6.61 Å². The lowest BCUT2D eigenvalue weighted by molar-refractivity contribution is -0.0210. The minimum atomic E-state index is -0.687. The number of hydrogen-bond acceptors (Lipinski definition) is 2. The van der Waals surface area contributed by atoms with Crippen LogP contribution in [0.3, 0.4) is 0 Å². The molecular formula is C11H11BrO2. The van der Waals surface area contributed by atoms with E-state index in [0.717, 1.165) is 15.6 Å². The van der Waals surface area contributed by atoms with Crippen molar-refractivity contribution in [2.45, 2.75) is 26.1 Å². The highest BCUT2D eigenvalue weighted by molar-refractivity contribution is 9.10. The van der Waals surface area contributed by atoms with Crippen molar-refractivity contribution in [3.05, 3.63) is 33.8 Å². The first-order valence-corrected chi connectivity index (χ1v) is 5.27. The van der Waals surface area contributed by atoms with Crippen molar-refractivity contribution in [3.8, 4) is 0 Å². The molecule has 1 aliphatic heterocycles. The standard InChI is InChI=1S/C11H11BrO2/c1-11(2)10(13)9-5-8(12)4-3-7(9)6-14-11/h3-5H,6H2,1-2H3. The molecule has 0 aromatic heterocycles. The lowest BCUT2D eigenvalue weighted by atomic mass is 9.90. The highest BCUT2D eigenvalue weighted by Gasteiger charge is 2.35. The van der Waals surface area contributed by atoms with Crippen molar-refractivity contribution in [1.82, 2.24) is 0 Å². The average Bonchev–Trinajstić information content (AvgIpc) is 2.13. The molecule has 1 aliphatic rings. The number of hydrogen-bond donors (Lipinski definition) is 0. The molecule has 2 nitrogen and oxygen atoms in total. The summed E-state index contributed by atoms with van der Waals surface area (Å²) < 4.78 is 6.41. The van der Waals surface area contributed by atoms with Gasteiger partial charge in [0.1, 0.15) is 5.60 Å². The minimum Gasteiger partial charge on any atom is -0.363 e. The molecule has 74 valence electrons. The van der Waals surface area contributed by atoms with E-state index >= 15 is 0 Å². The molecule has 0 spiro atoms. The molecule has 0 radical (unpaired) electrons. The number of Topliss-reactive ketones (excluding diaryl/α,β-unsaturated/α-hetero) is 1. The summed E-state index contributed by atoms with van der Waals surface area (Å²) in [5.74, 6) is 0.0556. The smallest absolute Gasteiger partial charge is 0.194 e. The van der Waals surface area contributed by atoms with E-state index in [2.05, 4.69) is 15.9 Å². The summed E-state index contributed by atoms with van der Waals surface area (Å²) in [5.41, 5.74) is 1.06. The van der Waals surface area contributed by atoms with Gasteiger partial charge in [-0.05, 0) is 31.5 Å². The van der Waals surface area contributed by atoms with Crippen LogP contribution in [0.2, 0.25) is 0 Å². The summed E-state index contributed by atoms with van der Waals surface area (Å²) in [6, 6.07) is 5.71. The fourth-order valence-electron chi connectivity index (χ4n) is 1.53. The number of ketones is 1. The number of rotatable bonds is 0. The molecule has 0 atom stereocenters. The summed E-state index contributed by atoms with van der Waals surface area (Å²) in [7, 11) is 0. The Balaban J connectivity index is 2.54. The summed E-state index contributed by atoms with van der Waals surface area (Å²) in [5, 5.41) is 0. The van der Waals surface area contributed by atoms with E-state index in [1.165, 1.54) is 0 Å². The second-order valence-electron chi connectivity index (χ2n) is 3.93. The molecule has 1 aromatic carbocycles. The van der Waals surface area contributed by atoms with Gasteiger partial charge in [-0.25, -0.2) is 0 Å². The third-order valence-electron chi connectivity index (χ3n) is 2.45. The Hall–Kier alpha value is -0.670. The Labute approximate surface area is 91.4 Å². The Morgan fingerprint density at radius 1 is 1.43 bits per heavy atom. The first kappa shape index (κ1) is 9.87. The monoisotopic (exact) mass is 254 g/mol. The highest BCUT2D eigenvalue weighted by Crippen LogP contribution is 2.29. The Kier molecular flexibility index (Phi) is 2.24. The zero-order valence-electron chi connectivity index (χ0n) is 8.13. The molecule has 14 heavy (non-hydrogen) atoms. The van der Waals surface area contributed by atoms with Gasteiger partial charge >= 0.3 is 0 Å². The van der Waals surface area contributed by atoms with Crippen LogP contribution in [-0.2, 0) is 11.3 Å². The summed E-state index contributed by atoms with van der Waals surface area (Å²) in [6.07, 6.45) is 0. The summed E-state index contributed by atoms with van der Waals surface area (Å²) >= 11 is 3.36. The van der Waals surface area contributed by atoms with Crippen molar-refractivity contribution in [3.63, 3.8) is 0 Å². The van der Waals surface area contributed by atoms with Gasteiger partial charge in [-0.15, -0.1) is 0 Å². The summed E-state index contributed by atoms with van der Waals surface area (Å²) in [6.45, 7) is 4.12. The lowest BCUT2D eigenvalue weighted by Crippen LogP contribution is -2.39. The summed E-state index contributed by atoms with van der Waals surface area (Å²) in [4.78, 5) is 11.9. The Morgan fingerprint density at radius 2 is 2.14 bits per heavy atom. The fourth-order valence-corrected chi connectivity index (χ4v) is 1.90. The van der Waals surface area contributed by atoms with Crippen molar-refractivity contribution < 1.29 is 9.53 Å². The van der Waals surface area contributed by atoms with E-state index in [1.807, 2.05) is 18.2 Å². The van der Waals surface area contributed by atoms with E-state index in [1.54, 1.807) is 13.8 Å². The second kappa shape index (κ2) is 3.17. The third kappa shape index (κ3) is 1.51. The quantitative estimate of drug-likeness (QED) is 0.712. The number of halogens is 1. The van der Waals surface area contributed by atoms with Gasteiger partial charge < -0.3 is 4.74 Å². The maximum atomic E-state index is 11.9. The SMILES string of the molecule is CC1(C)OCc2ccc(Br)cc2C1=O. The number of ether oxygens (including phenoxy) is 1.